The van der Waals surface area contributed by atoms with Crippen LogP contribution in [0, 0.1) is 0 Å². The highest BCUT2D eigenvalue weighted by molar-refractivity contribution is 7.47. The molecule has 0 aromatic carbocycles. The van der Waals surface area contributed by atoms with Gasteiger partial charge in [0.1, 0.15) is 42.4 Å². The summed E-state index contributed by atoms with van der Waals surface area (Å²) in [5.41, 5.74) is 10.9. The molecule has 44 heavy (non-hydrogen) atoms. The van der Waals surface area contributed by atoms with E-state index in [1.807, 2.05) is 0 Å². The second-order valence-electron chi connectivity index (χ2n) is 9.90. The van der Waals surface area contributed by atoms with E-state index >= 15 is 4.39 Å². The number of aromatic nitrogens is 8. The third kappa shape index (κ3) is 4.98. The zero-order valence-corrected chi connectivity index (χ0v) is 23.8. The molecular weight excluding hydrogens is 637 g/mol. The van der Waals surface area contributed by atoms with E-state index in [1.54, 1.807) is 0 Å². The van der Waals surface area contributed by atoms with Crippen molar-refractivity contribution in [2.45, 2.75) is 49.1 Å². The number of nitrogens with two attached hydrogens (primary N) is 2. The summed E-state index contributed by atoms with van der Waals surface area (Å²) in [7, 11) is -8.57. The maximum absolute atomic E-state index is 15.8. The van der Waals surface area contributed by atoms with Crippen molar-refractivity contribution in [2.75, 3.05) is 24.7 Å². The van der Waals surface area contributed by atoms with Gasteiger partial charge in [0.05, 0.1) is 25.9 Å². The zero-order chi connectivity index (χ0) is 30.9. The minimum atomic E-state index is -5.07. The maximum atomic E-state index is 15.8. The first-order valence-corrected chi connectivity index (χ1v) is 15.5. The number of nitrogen functional groups attached to an aromatic ring is 2. The van der Waals surface area contributed by atoms with Crippen LogP contribution in [0.3, 0.4) is 0 Å². The number of aliphatic hydroxyl groups is 1. The molecule has 236 valence electrons. The Kier molecular flexibility index (Phi) is 7.24. The average Bonchev–Trinajstić information content (AvgIpc) is 3.72. The number of fused-ring (bicyclic) bond motifs is 5. The molecule has 0 amide bonds. The summed E-state index contributed by atoms with van der Waals surface area (Å²) in [4.78, 5) is 45.0. The smallest absolute Gasteiger partial charge is 0.387 e. The first-order valence-electron chi connectivity index (χ1n) is 12.8. The van der Waals surface area contributed by atoms with Crippen LogP contribution in [0.2, 0.25) is 0 Å². The van der Waals surface area contributed by atoms with Gasteiger partial charge in [0.2, 0.25) is 5.95 Å². The fourth-order valence-corrected chi connectivity index (χ4v) is 7.02. The van der Waals surface area contributed by atoms with Crippen LogP contribution in [0.15, 0.2) is 23.8 Å². The molecule has 7 N–H and O–H groups in total. The van der Waals surface area contributed by atoms with Gasteiger partial charge < -0.3 is 35.5 Å². The van der Waals surface area contributed by atoms with Crippen LogP contribution in [0.4, 0.5) is 16.2 Å². The molecule has 2 bridgehead atoms. The Morgan fingerprint density at radius 1 is 1.02 bits per heavy atom. The summed E-state index contributed by atoms with van der Waals surface area (Å²) >= 11 is 0. The number of aliphatic hydroxyl groups excluding tert-OH is 1. The van der Waals surface area contributed by atoms with Crippen LogP contribution in [0.1, 0.15) is 12.5 Å². The van der Waals surface area contributed by atoms with Crippen molar-refractivity contribution in [1.82, 2.24) is 39.0 Å². The number of H-pyrrole nitrogens is 1. The lowest BCUT2D eigenvalue weighted by molar-refractivity contribution is -0.0614. The maximum Gasteiger partial charge on any atom is 0.472 e. The first kappa shape index (κ1) is 29.3. The number of ether oxygens (including phenoxy) is 2. The number of imidazole rings is 2. The summed E-state index contributed by atoms with van der Waals surface area (Å²) in [6.45, 7) is -1.42. The van der Waals surface area contributed by atoms with E-state index < -0.39 is 84.0 Å². The molecular formula is C20H23FN10O11P2. The van der Waals surface area contributed by atoms with Gasteiger partial charge in [-0.3, -0.25) is 37.0 Å². The Labute approximate surface area is 243 Å². The van der Waals surface area contributed by atoms with Gasteiger partial charge in [-0.2, -0.15) is 4.98 Å². The number of nitrogens with one attached hydrogen (secondary N) is 1. The van der Waals surface area contributed by atoms with Crippen molar-refractivity contribution < 1.29 is 51.1 Å². The van der Waals surface area contributed by atoms with E-state index in [4.69, 9.17) is 39.0 Å². The molecule has 0 radical (unpaired) electrons. The van der Waals surface area contributed by atoms with Gasteiger partial charge in [-0.15, -0.1) is 0 Å². The molecule has 0 saturated carbocycles. The molecule has 3 aliphatic heterocycles. The van der Waals surface area contributed by atoms with E-state index in [9.17, 15) is 23.9 Å². The van der Waals surface area contributed by atoms with Crippen LogP contribution in [0.25, 0.3) is 22.3 Å². The van der Waals surface area contributed by atoms with Gasteiger partial charge in [0.15, 0.2) is 41.3 Å². The molecule has 24 heteroatoms. The topological polar surface area (TPSA) is 289 Å². The number of nitrogens with zero attached hydrogens (tertiary/aromatic N) is 7. The quantitative estimate of drug-likeness (QED) is 0.160. The Morgan fingerprint density at radius 3 is 2.55 bits per heavy atom. The molecule has 10 atom stereocenters. The number of halogens is 1. The summed E-state index contributed by atoms with van der Waals surface area (Å²) in [5, 5.41) is 11.0. The van der Waals surface area contributed by atoms with Crippen molar-refractivity contribution in [3.05, 3.63) is 29.3 Å². The number of hydrogen-bond donors (Lipinski definition) is 5. The molecule has 21 nitrogen and oxygen atoms in total. The molecule has 4 aromatic rings. The van der Waals surface area contributed by atoms with Crippen LogP contribution in [-0.2, 0) is 36.7 Å². The monoisotopic (exact) mass is 660 g/mol. The van der Waals surface area contributed by atoms with Gasteiger partial charge in [0.25, 0.3) is 5.56 Å². The molecule has 0 aliphatic carbocycles. The predicted molar refractivity (Wildman–Crippen MR) is 141 cm³/mol. The van der Waals surface area contributed by atoms with E-state index in [0.717, 1.165) is 12.7 Å². The van der Waals surface area contributed by atoms with Gasteiger partial charge in [-0.1, -0.05) is 0 Å². The van der Waals surface area contributed by atoms with Crippen molar-refractivity contribution in [3.63, 3.8) is 0 Å². The van der Waals surface area contributed by atoms with E-state index in [1.165, 1.54) is 15.5 Å². The van der Waals surface area contributed by atoms with Crippen molar-refractivity contribution in [2.24, 2.45) is 0 Å². The first-order chi connectivity index (χ1) is 21.0. The summed E-state index contributed by atoms with van der Waals surface area (Å²) in [6.07, 6.45) is -9.11. The van der Waals surface area contributed by atoms with E-state index in [0.29, 0.717) is 0 Å². The number of rotatable bonds is 2. The number of anilines is 2. The largest absolute Gasteiger partial charge is 0.472 e. The molecule has 7 rings (SSSR count). The van der Waals surface area contributed by atoms with Gasteiger partial charge in [-0.25, -0.2) is 28.9 Å². The van der Waals surface area contributed by atoms with E-state index in [-0.39, 0.29) is 34.1 Å². The van der Waals surface area contributed by atoms with Crippen molar-refractivity contribution in [3.8, 4) is 0 Å². The van der Waals surface area contributed by atoms with Gasteiger partial charge in [-0.05, 0) is 0 Å². The lowest BCUT2D eigenvalue weighted by Gasteiger charge is -2.24. The Bertz CT molecular complexity index is 1870. The third-order valence-corrected chi connectivity index (χ3v) is 9.07. The zero-order valence-electron chi connectivity index (χ0n) is 21.9. The van der Waals surface area contributed by atoms with Crippen LogP contribution < -0.4 is 17.0 Å². The fraction of sp³-hybridized carbons (Fsp3) is 0.500. The van der Waals surface area contributed by atoms with E-state index in [2.05, 4.69) is 29.9 Å². The number of alkyl halides is 1. The lowest BCUT2D eigenvalue weighted by Crippen LogP contribution is -2.35. The van der Waals surface area contributed by atoms with Crippen molar-refractivity contribution in [1.29, 1.82) is 0 Å². The van der Waals surface area contributed by atoms with Crippen LogP contribution in [0.5, 0.6) is 0 Å². The third-order valence-electron chi connectivity index (χ3n) is 7.22. The minimum Gasteiger partial charge on any atom is -0.387 e. The average molecular weight is 660 g/mol. The number of aromatic amines is 1. The summed E-state index contributed by atoms with van der Waals surface area (Å²) < 4.78 is 77.0. The van der Waals surface area contributed by atoms with Crippen LogP contribution in [-0.4, -0.2) is 98.9 Å². The number of phosphoric acid groups is 1. The SMILES string of the molecule is Nc1nc2c(ncn2[C@@H]2O[C@@H]3COP(=O)(O)OC4C(F)[C@H](n5cnc6c(N)ncnc65)O[C@@H]4CO[PH](=O)OC2C3O)c(=O)[nH]1. The van der Waals surface area contributed by atoms with Crippen molar-refractivity contribution >= 4 is 50.2 Å². The standard InChI is InChI=1S/C20H23FN10O11P2/c21-8-12-7(40-18(8)30-4-26-9-14(22)24-3-25-15(9)30)1-37-43(34)41-13-11(32)6(2-38-44(35,36)42-12)39-19(13)31-5-27-10-16(31)28-20(23)29-17(10)33/h3-8,11-13,18-19,32,43H,1-2H2,(H,35,36)(H2,22,24,25)(H3,23,28,29,33)/t6-,7-,8?,11?,12?,13?,18-,19-/m1/s1. The van der Waals surface area contributed by atoms with Gasteiger partial charge in [0, 0.05) is 0 Å². The molecule has 0 spiro atoms. The second kappa shape index (κ2) is 10.9. The predicted octanol–water partition coefficient (Wildman–Crippen LogP) is -1.07. The highest BCUT2D eigenvalue weighted by Crippen LogP contribution is 2.51. The number of hydrogen-bond acceptors (Lipinski definition) is 17. The minimum absolute atomic E-state index is 0.0281. The Hall–Kier alpha value is -3.43. The van der Waals surface area contributed by atoms with Gasteiger partial charge >= 0.3 is 16.1 Å². The molecule has 4 aromatic heterocycles. The molecule has 3 saturated heterocycles. The highest BCUT2D eigenvalue weighted by atomic mass is 31.2. The molecule has 6 unspecified atom stereocenters. The summed E-state index contributed by atoms with van der Waals surface area (Å²) in [5.74, 6) is -0.215. The normalized spacial score (nSPS) is 36.6. The molecule has 3 aliphatic rings. The summed E-state index contributed by atoms with van der Waals surface area (Å²) in [6, 6.07) is 0. The Balaban J connectivity index is 1.18. The fourth-order valence-electron chi connectivity index (χ4n) is 5.22. The molecule has 7 heterocycles. The number of phosphoric ester groups is 1. The second-order valence-corrected chi connectivity index (χ2v) is 12.3. The highest BCUT2D eigenvalue weighted by Gasteiger charge is 2.53. The lowest BCUT2D eigenvalue weighted by atomic mass is 10.1. The molecule has 3 fully saturated rings. The van der Waals surface area contributed by atoms with Crippen LogP contribution >= 0.6 is 16.1 Å². The Morgan fingerprint density at radius 2 is 1.75 bits per heavy atom.